The first-order valence-corrected chi connectivity index (χ1v) is 8.87. The molecule has 2 N–H and O–H groups in total. The number of ether oxygens (including phenoxy) is 1. The maximum atomic E-state index is 12.2. The number of aryl methyl sites for hydroxylation is 1. The van der Waals surface area contributed by atoms with Gasteiger partial charge in [-0.05, 0) is 43.2 Å². The van der Waals surface area contributed by atoms with E-state index in [1.807, 2.05) is 13.0 Å². The Hall–Kier alpha value is -1.81. The Balaban J connectivity index is 2.17. The van der Waals surface area contributed by atoms with E-state index in [0.29, 0.717) is 18.1 Å². The van der Waals surface area contributed by atoms with Crippen LogP contribution in [0.15, 0.2) is 18.4 Å². The molecule has 1 aliphatic heterocycles. The van der Waals surface area contributed by atoms with E-state index in [1.165, 1.54) is 0 Å². The zero-order valence-electron chi connectivity index (χ0n) is 14.5. The molecule has 3 rings (SSSR count). The second-order valence-electron chi connectivity index (χ2n) is 7.20. The number of hydrogen-bond donors (Lipinski definition) is 2. The Morgan fingerprint density at radius 2 is 2.12 bits per heavy atom. The second kappa shape index (κ2) is 6.60. The van der Waals surface area contributed by atoms with Crippen LogP contribution in [0.5, 0.6) is 11.5 Å². The van der Waals surface area contributed by atoms with Gasteiger partial charge in [-0.1, -0.05) is 26.8 Å². The molecule has 1 aromatic rings. The topological polar surface area (TPSA) is 66.8 Å². The average molecular weight is 330 g/mol. The molecule has 24 heavy (non-hydrogen) atoms. The van der Waals surface area contributed by atoms with Crippen molar-refractivity contribution in [2.45, 2.75) is 51.9 Å². The van der Waals surface area contributed by atoms with Crippen molar-refractivity contribution in [3.05, 3.63) is 35.1 Å². The van der Waals surface area contributed by atoms with Crippen molar-refractivity contribution in [2.24, 2.45) is 11.8 Å². The lowest BCUT2D eigenvalue weighted by molar-refractivity contribution is 0.0899. The number of benzene rings is 1. The first-order chi connectivity index (χ1) is 11.5. The van der Waals surface area contributed by atoms with E-state index >= 15 is 0 Å². The lowest BCUT2D eigenvalue weighted by Crippen LogP contribution is -2.30. The number of phenolic OH excluding ortho intramolecular Hbond substituents is 1. The van der Waals surface area contributed by atoms with E-state index in [2.05, 4.69) is 13.5 Å². The molecular weight excluding hydrogens is 304 g/mol. The highest BCUT2D eigenvalue weighted by atomic mass is 16.5. The third-order valence-electron chi connectivity index (χ3n) is 5.46. The standard InChI is InChI=1S/C20H26O4/c1-4-5-13-9-17-19(20(23)18(13)16(22)10-21)15-8-11(2)6-7-14(15)12(3)24-17/h9,11,14-15,21,23H,3-8,10H2,1-2H3. The third-order valence-corrected chi connectivity index (χ3v) is 5.46. The highest BCUT2D eigenvalue weighted by Gasteiger charge is 2.41. The fourth-order valence-corrected chi connectivity index (χ4v) is 4.31. The highest BCUT2D eigenvalue weighted by molar-refractivity contribution is 6.01. The van der Waals surface area contributed by atoms with Gasteiger partial charge in [-0.2, -0.15) is 0 Å². The molecule has 3 unspecified atom stereocenters. The molecule has 4 heteroatoms. The van der Waals surface area contributed by atoms with Crippen LogP contribution in [-0.2, 0) is 6.42 Å². The summed E-state index contributed by atoms with van der Waals surface area (Å²) in [6.07, 6.45) is 4.56. The molecule has 0 radical (unpaired) electrons. The summed E-state index contributed by atoms with van der Waals surface area (Å²) in [6.45, 7) is 7.73. The average Bonchev–Trinajstić information content (AvgIpc) is 2.54. The van der Waals surface area contributed by atoms with Crippen LogP contribution in [0.25, 0.3) is 0 Å². The van der Waals surface area contributed by atoms with Crippen molar-refractivity contribution in [1.82, 2.24) is 0 Å². The zero-order chi connectivity index (χ0) is 17.4. The van der Waals surface area contributed by atoms with Crippen molar-refractivity contribution >= 4 is 5.78 Å². The van der Waals surface area contributed by atoms with E-state index in [9.17, 15) is 15.0 Å². The summed E-state index contributed by atoms with van der Waals surface area (Å²) in [5, 5.41) is 20.2. The van der Waals surface area contributed by atoms with Crippen molar-refractivity contribution < 1.29 is 19.7 Å². The number of aliphatic hydroxyl groups excluding tert-OH is 1. The lowest BCUT2D eigenvalue weighted by atomic mass is 9.69. The summed E-state index contributed by atoms with van der Waals surface area (Å²) >= 11 is 0. The highest BCUT2D eigenvalue weighted by Crippen LogP contribution is 2.54. The molecule has 0 spiro atoms. The number of hydrogen-bond acceptors (Lipinski definition) is 4. The smallest absolute Gasteiger partial charge is 0.192 e. The second-order valence-corrected chi connectivity index (χ2v) is 7.20. The fourth-order valence-electron chi connectivity index (χ4n) is 4.31. The quantitative estimate of drug-likeness (QED) is 0.821. The molecule has 0 saturated heterocycles. The number of allylic oxidation sites excluding steroid dienone is 1. The number of rotatable bonds is 4. The number of aromatic hydroxyl groups is 1. The predicted molar refractivity (Wildman–Crippen MR) is 92.5 cm³/mol. The van der Waals surface area contributed by atoms with Crippen molar-refractivity contribution in [1.29, 1.82) is 0 Å². The molecule has 1 saturated carbocycles. The number of aliphatic hydroxyl groups is 1. The Kier molecular flexibility index (Phi) is 4.68. The van der Waals surface area contributed by atoms with Gasteiger partial charge >= 0.3 is 0 Å². The molecule has 4 nitrogen and oxygen atoms in total. The van der Waals surface area contributed by atoms with Crippen LogP contribution in [0, 0.1) is 11.8 Å². The molecule has 3 atom stereocenters. The van der Waals surface area contributed by atoms with Crippen LogP contribution in [0.1, 0.15) is 66.9 Å². The van der Waals surface area contributed by atoms with Gasteiger partial charge in [0, 0.05) is 17.4 Å². The fraction of sp³-hybridized carbons (Fsp3) is 0.550. The van der Waals surface area contributed by atoms with Crippen LogP contribution in [0.4, 0.5) is 0 Å². The lowest BCUT2D eigenvalue weighted by Gasteiger charge is -2.41. The van der Waals surface area contributed by atoms with Gasteiger partial charge in [0.2, 0.25) is 0 Å². The number of carbonyl (C=O) groups excluding carboxylic acids is 1. The Bertz CT molecular complexity index is 677. The molecule has 130 valence electrons. The van der Waals surface area contributed by atoms with Gasteiger partial charge in [-0.3, -0.25) is 4.79 Å². The SMILES string of the molecule is C=C1Oc2cc(CCC)c(C(=O)CO)c(O)c2C2CC(C)CCC12. The Labute approximate surface area is 143 Å². The third kappa shape index (κ3) is 2.73. The van der Waals surface area contributed by atoms with E-state index in [-0.39, 0.29) is 23.1 Å². The number of Topliss-reactive ketones (excluding diaryl/α,β-unsaturated/α-hetero) is 1. The molecule has 1 heterocycles. The van der Waals surface area contributed by atoms with Crippen LogP contribution in [0.2, 0.25) is 0 Å². The van der Waals surface area contributed by atoms with Gasteiger partial charge in [-0.15, -0.1) is 0 Å². The number of ketones is 1. The normalized spacial score (nSPS) is 25.6. The molecule has 0 bridgehead atoms. The summed E-state index contributed by atoms with van der Waals surface area (Å²) in [4.78, 5) is 12.2. The van der Waals surface area contributed by atoms with E-state index in [0.717, 1.165) is 42.6 Å². The maximum absolute atomic E-state index is 12.2. The van der Waals surface area contributed by atoms with Gasteiger partial charge in [-0.25, -0.2) is 0 Å². The van der Waals surface area contributed by atoms with Crippen LogP contribution in [-0.4, -0.2) is 22.6 Å². The van der Waals surface area contributed by atoms with Gasteiger partial charge < -0.3 is 14.9 Å². The monoisotopic (exact) mass is 330 g/mol. The summed E-state index contributed by atoms with van der Waals surface area (Å²) in [7, 11) is 0. The van der Waals surface area contributed by atoms with Crippen molar-refractivity contribution in [3.8, 4) is 11.5 Å². The van der Waals surface area contributed by atoms with Crippen molar-refractivity contribution in [2.75, 3.05) is 6.61 Å². The Morgan fingerprint density at radius 1 is 1.38 bits per heavy atom. The van der Waals surface area contributed by atoms with Gasteiger partial charge in [0.15, 0.2) is 5.78 Å². The minimum atomic E-state index is -0.596. The van der Waals surface area contributed by atoms with Gasteiger partial charge in [0.1, 0.15) is 23.9 Å². The minimum Gasteiger partial charge on any atom is -0.507 e. The largest absolute Gasteiger partial charge is 0.507 e. The van der Waals surface area contributed by atoms with E-state index in [1.54, 1.807) is 0 Å². The van der Waals surface area contributed by atoms with Crippen LogP contribution in [0.3, 0.4) is 0 Å². The predicted octanol–water partition coefficient (Wildman–Crippen LogP) is 3.95. The Morgan fingerprint density at radius 3 is 2.79 bits per heavy atom. The molecule has 1 aliphatic carbocycles. The summed E-state index contributed by atoms with van der Waals surface area (Å²) < 4.78 is 5.94. The summed E-state index contributed by atoms with van der Waals surface area (Å²) in [5.41, 5.74) is 1.74. The first kappa shape index (κ1) is 17.0. The number of fused-ring (bicyclic) bond motifs is 3. The summed E-state index contributed by atoms with van der Waals surface area (Å²) in [5.74, 6) is 1.86. The first-order valence-electron chi connectivity index (χ1n) is 8.87. The van der Waals surface area contributed by atoms with Gasteiger partial charge in [0.25, 0.3) is 0 Å². The number of phenols is 1. The van der Waals surface area contributed by atoms with E-state index < -0.39 is 12.4 Å². The maximum Gasteiger partial charge on any atom is 0.192 e. The van der Waals surface area contributed by atoms with Crippen LogP contribution >= 0.6 is 0 Å². The van der Waals surface area contributed by atoms with E-state index in [4.69, 9.17) is 4.74 Å². The van der Waals surface area contributed by atoms with Crippen LogP contribution < -0.4 is 4.74 Å². The molecule has 1 fully saturated rings. The molecule has 1 aromatic carbocycles. The molecule has 2 aliphatic rings. The van der Waals surface area contributed by atoms with Gasteiger partial charge in [0.05, 0.1) is 5.56 Å². The number of carbonyl (C=O) groups is 1. The van der Waals surface area contributed by atoms with Crippen molar-refractivity contribution in [3.63, 3.8) is 0 Å². The molecule has 0 amide bonds. The molecule has 0 aromatic heterocycles. The zero-order valence-corrected chi connectivity index (χ0v) is 14.5. The molecular formula is C20H26O4. The minimum absolute atomic E-state index is 0.00611. The summed E-state index contributed by atoms with van der Waals surface area (Å²) in [6, 6.07) is 1.86.